The summed E-state index contributed by atoms with van der Waals surface area (Å²) in [5.74, 6) is 0.642. The summed E-state index contributed by atoms with van der Waals surface area (Å²) in [7, 11) is 0. The Balaban J connectivity index is 1.82. The Hall–Kier alpha value is -2.44. The van der Waals surface area contributed by atoms with Crippen molar-refractivity contribution in [1.82, 2.24) is 5.01 Å². The van der Waals surface area contributed by atoms with Crippen LogP contribution in [-0.2, 0) is 4.79 Å². The molecule has 3 rings (SSSR count). The molecule has 1 aliphatic heterocycles. The van der Waals surface area contributed by atoms with Gasteiger partial charge in [-0.25, -0.2) is 5.01 Å². The van der Waals surface area contributed by atoms with E-state index in [1.165, 1.54) is 10.6 Å². The Morgan fingerprint density at radius 2 is 2.17 bits per heavy atom. The Bertz CT molecular complexity index is 708. The van der Waals surface area contributed by atoms with Crippen LogP contribution in [0.1, 0.15) is 29.3 Å². The highest BCUT2D eigenvalue weighted by atomic mass is 16.3. The van der Waals surface area contributed by atoms with Crippen LogP contribution in [0.25, 0.3) is 0 Å². The third-order valence-corrected chi connectivity index (χ3v) is 4.07. The second-order valence-electron chi connectivity index (χ2n) is 5.89. The number of benzene rings is 1. The molecule has 1 atom stereocenters. The standard InChI is InChI=1S/C18H21N3O3/c1-13-4-6-14(7-5-13)15-11-16(17-3-2-10-24-17)21(20-15)18(23)12-19-8-9-22/h2-7,10,16,19,22H,8-9,11-12H2,1H3/p+1/t16-/m0/s1. The van der Waals surface area contributed by atoms with Gasteiger partial charge in [0.1, 0.15) is 11.8 Å². The quantitative estimate of drug-likeness (QED) is 0.770. The molecule has 24 heavy (non-hydrogen) atoms. The first-order valence-electron chi connectivity index (χ1n) is 8.11. The van der Waals surface area contributed by atoms with Crippen molar-refractivity contribution in [2.45, 2.75) is 19.4 Å². The van der Waals surface area contributed by atoms with Crippen LogP contribution in [0.5, 0.6) is 0 Å². The van der Waals surface area contributed by atoms with E-state index in [1.54, 1.807) is 11.6 Å². The first-order chi connectivity index (χ1) is 11.7. The number of aliphatic hydroxyl groups excluding tert-OH is 1. The van der Waals surface area contributed by atoms with Crippen LogP contribution in [0.3, 0.4) is 0 Å². The number of hydrogen-bond donors (Lipinski definition) is 2. The van der Waals surface area contributed by atoms with Crippen molar-refractivity contribution < 1.29 is 19.6 Å². The molecule has 2 aromatic rings. The van der Waals surface area contributed by atoms with Crippen molar-refractivity contribution >= 4 is 11.6 Å². The number of amides is 1. The molecule has 0 radical (unpaired) electrons. The molecule has 0 saturated carbocycles. The van der Waals surface area contributed by atoms with Gasteiger partial charge in [-0.2, -0.15) is 5.10 Å². The second kappa shape index (κ2) is 7.42. The van der Waals surface area contributed by atoms with Gasteiger partial charge in [-0.3, -0.25) is 4.79 Å². The van der Waals surface area contributed by atoms with Gasteiger partial charge in [0.2, 0.25) is 0 Å². The van der Waals surface area contributed by atoms with Gasteiger partial charge in [-0.15, -0.1) is 0 Å². The lowest BCUT2D eigenvalue weighted by molar-refractivity contribution is -0.645. The number of carbonyl (C=O) groups is 1. The monoisotopic (exact) mass is 328 g/mol. The van der Waals surface area contributed by atoms with Gasteiger partial charge in [0.05, 0.1) is 25.1 Å². The van der Waals surface area contributed by atoms with Gasteiger partial charge in [0, 0.05) is 6.42 Å². The molecule has 0 unspecified atom stereocenters. The van der Waals surface area contributed by atoms with Crippen LogP contribution < -0.4 is 5.32 Å². The predicted octanol–water partition coefficient (Wildman–Crippen LogP) is 0.821. The number of nitrogens with zero attached hydrogens (tertiary/aromatic N) is 2. The Kier molecular flexibility index (Phi) is 5.08. The molecule has 0 aliphatic carbocycles. The smallest absolute Gasteiger partial charge is 0.298 e. The van der Waals surface area contributed by atoms with Crippen LogP contribution in [0.15, 0.2) is 52.2 Å². The van der Waals surface area contributed by atoms with Crippen molar-refractivity contribution in [3.8, 4) is 0 Å². The lowest BCUT2D eigenvalue weighted by atomic mass is 10.0. The molecular weight excluding hydrogens is 306 g/mol. The van der Waals surface area contributed by atoms with Crippen molar-refractivity contribution in [3.05, 3.63) is 59.5 Å². The molecule has 2 heterocycles. The van der Waals surface area contributed by atoms with E-state index in [-0.39, 0.29) is 25.1 Å². The number of aliphatic hydroxyl groups is 1. The summed E-state index contributed by atoms with van der Waals surface area (Å²) < 4.78 is 5.51. The molecule has 6 heteroatoms. The van der Waals surface area contributed by atoms with Crippen molar-refractivity contribution in [3.63, 3.8) is 0 Å². The predicted molar refractivity (Wildman–Crippen MR) is 89.4 cm³/mol. The van der Waals surface area contributed by atoms with E-state index < -0.39 is 0 Å². The molecule has 0 bridgehead atoms. The third-order valence-electron chi connectivity index (χ3n) is 4.07. The zero-order valence-electron chi connectivity index (χ0n) is 13.7. The molecule has 1 aliphatic rings. The number of rotatable bonds is 6. The molecule has 6 nitrogen and oxygen atoms in total. The van der Waals surface area contributed by atoms with E-state index in [0.29, 0.717) is 13.0 Å². The van der Waals surface area contributed by atoms with Gasteiger partial charge in [0.15, 0.2) is 6.54 Å². The lowest BCUT2D eigenvalue weighted by Gasteiger charge is -2.18. The van der Waals surface area contributed by atoms with Gasteiger partial charge in [0.25, 0.3) is 5.91 Å². The minimum absolute atomic E-state index is 0.0484. The first-order valence-corrected chi connectivity index (χ1v) is 8.11. The fraction of sp³-hybridized carbons (Fsp3) is 0.333. The van der Waals surface area contributed by atoms with E-state index in [0.717, 1.165) is 17.0 Å². The Labute approximate surface area is 140 Å². The average Bonchev–Trinajstić information content (AvgIpc) is 3.25. The Morgan fingerprint density at radius 1 is 1.38 bits per heavy atom. The van der Waals surface area contributed by atoms with Crippen molar-refractivity contribution in [1.29, 1.82) is 0 Å². The third kappa shape index (κ3) is 3.55. The maximum Gasteiger partial charge on any atom is 0.298 e. The molecule has 0 saturated heterocycles. The maximum atomic E-state index is 12.5. The molecule has 1 aromatic heterocycles. The van der Waals surface area contributed by atoms with E-state index >= 15 is 0 Å². The number of nitrogens with two attached hydrogens (primary N) is 1. The lowest BCUT2D eigenvalue weighted by Crippen LogP contribution is -2.87. The molecular formula is C18H22N3O3+. The van der Waals surface area contributed by atoms with Gasteiger partial charge in [-0.1, -0.05) is 29.8 Å². The molecule has 0 spiro atoms. The summed E-state index contributed by atoms with van der Waals surface area (Å²) in [6, 6.07) is 11.6. The summed E-state index contributed by atoms with van der Waals surface area (Å²) in [5.41, 5.74) is 3.09. The minimum Gasteiger partial charge on any atom is -0.467 e. The summed E-state index contributed by atoms with van der Waals surface area (Å²) in [6.45, 7) is 2.84. The largest absolute Gasteiger partial charge is 0.467 e. The van der Waals surface area contributed by atoms with Crippen LogP contribution in [0.2, 0.25) is 0 Å². The number of hydrazone groups is 1. The van der Waals surface area contributed by atoms with Crippen LogP contribution in [-0.4, -0.2) is 41.4 Å². The van der Waals surface area contributed by atoms with Crippen LogP contribution >= 0.6 is 0 Å². The Morgan fingerprint density at radius 3 is 2.83 bits per heavy atom. The van der Waals surface area contributed by atoms with Crippen molar-refractivity contribution in [2.75, 3.05) is 19.7 Å². The number of hydrogen-bond acceptors (Lipinski definition) is 4. The zero-order valence-corrected chi connectivity index (χ0v) is 13.7. The number of quaternary nitrogens is 1. The average molecular weight is 328 g/mol. The molecule has 126 valence electrons. The second-order valence-corrected chi connectivity index (χ2v) is 5.89. The maximum absolute atomic E-state index is 12.5. The SMILES string of the molecule is Cc1ccc(C2=NN(C(=O)C[NH2+]CCO)[C@H](c3ccco3)C2)cc1. The van der Waals surface area contributed by atoms with Crippen molar-refractivity contribution in [2.24, 2.45) is 5.10 Å². The van der Waals surface area contributed by atoms with Crippen LogP contribution in [0, 0.1) is 6.92 Å². The molecule has 1 aromatic carbocycles. The fourth-order valence-corrected chi connectivity index (χ4v) is 2.77. The normalized spacial score (nSPS) is 17.2. The van der Waals surface area contributed by atoms with Crippen LogP contribution in [0.4, 0.5) is 0 Å². The van der Waals surface area contributed by atoms with E-state index in [2.05, 4.69) is 5.10 Å². The number of carbonyl (C=O) groups excluding carboxylic acids is 1. The molecule has 1 amide bonds. The van der Waals surface area contributed by atoms with Gasteiger partial charge >= 0.3 is 0 Å². The topological polar surface area (TPSA) is 82.7 Å². The molecule has 3 N–H and O–H groups in total. The summed E-state index contributed by atoms with van der Waals surface area (Å²) in [5, 5.41) is 16.7. The highest BCUT2D eigenvalue weighted by Gasteiger charge is 2.35. The van der Waals surface area contributed by atoms with E-state index in [1.807, 2.05) is 43.3 Å². The van der Waals surface area contributed by atoms with E-state index in [9.17, 15) is 4.79 Å². The highest BCUT2D eigenvalue weighted by Crippen LogP contribution is 2.32. The first kappa shape index (κ1) is 16.4. The highest BCUT2D eigenvalue weighted by molar-refractivity contribution is 6.03. The summed E-state index contributed by atoms with van der Waals surface area (Å²) >= 11 is 0. The van der Waals surface area contributed by atoms with Gasteiger partial charge in [-0.05, 0) is 24.6 Å². The number of aryl methyl sites for hydroxylation is 1. The minimum atomic E-state index is -0.216. The summed E-state index contributed by atoms with van der Waals surface area (Å²) in [4.78, 5) is 12.5. The number of furan rings is 1. The molecule has 0 fully saturated rings. The van der Waals surface area contributed by atoms with Gasteiger partial charge < -0.3 is 14.8 Å². The zero-order chi connectivity index (χ0) is 16.9. The summed E-state index contributed by atoms with van der Waals surface area (Å²) in [6.07, 6.45) is 2.24. The fourth-order valence-electron chi connectivity index (χ4n) is 2.77. The van der Waals surface area contributed by atoms with E-state index in [4.69, 9.17) is 9.52 Å².